The minimum absolute atomic E-state index is 0. The average Bonchev–Trinajstić information content (AvgIpc) is 2.70. The van der Waals surface area contributed by atoms with Gasteiger partial charge in [0.05, 0.1) is 0 Å². The number of unbranched alkanes of at least 4 members (excludes halogenated alkanes) is 2. The number of carbonyl (C=O) groups is 4. The first-order valence-electron chi connectivity index (χ1n) is 10.9. The monoisotopic (exact) mass is 521 g/mol. The van der Waals surface area contributed by atoms with Crippen molar-refractivity contribution in [2.45, 2.75) is 92.9 Å². The number of carboxylic acids is 4. The SMILES string of the molecule is C=C(C)C(=O)O.C=C(C)C(=O)O.CCCCC(CC)C(=O)[O-].CCCCC(CC)C(=O)[O-].[Cu+2]. The third-order valence-corrected chi connectivity index (χ3v) is 4.19. The van der Waals surface area contributed by atoms with Gasteiger partial charge < -0.3 is 30.0 Å². The van der Waals surface area contributed by atoms with Crippen LogP contribution in [0, 0.1) is 11.8 Å². The molecule has 1 radical (unpaired) electrons. The van der Waals surface area contributed by atoms with Crippen LogP contribution in [-0.2, 0) is 36.2 Å². The fraction of sp³-hybridized carbons (Fsp3) is 0.667. The Hall–Kier alpha value is -2.12. The van der Waals surface area contributed by atoms with Crippen molar-refractivity contribution in [3.8, 4) is 0 Å². The fourth-order valence-corrected chi connectivity index (χ4v) is 1.88. The van der Waals surface area contributed by atoms with Gasteiger partial charge in [0.15, 0.2) is 0 Å². The average molecular weight is 522 g/mol. The molecule has 0 rings (SSSR count). The molecule has 0 spiro atoms. The Balaban J connectivity index is -0.000000108. The topological polar surface area (TPSA) is 155 Å². The summed E-state index contributed by atoms with van der Waals surface area (Å²) in [5.74, 6) is -4.10. The summed E-state index contributed by atoms with van der Waals surface area (Å²) in [4.78, 5) is 39.8. The quantitative estimate of drug-likeness (QED) is 0.293. The molecule has 33 heavy (non-hydrogen) atoms. The predicted molar refractivity (Wildman–Crippen MR) is 122 cm³/mol. The summed E-state index contributed by atoms with van der Waals surface area (Å²) in [5, 5.41) is 36.4. The number of rotatable bonds is 12. The van der Waals surface area contributed by atoms with Crippen molar-refractivity contribution in [1.82, 2.24) is 0 Å². The van der Waals surface area contributed by atoms with E-state index in [1.807, 2.05) is 13.8 Å². The van der Waals surface area contributed by atoms with Crippen LogP contribution in [0.4, 0.5) is 0 Å². The molecule has 0 aromatic heterocycles. The Morgan fingerprint density at radius 1 is 0.697 bits per heavy atom. The zero-order chi connectivity index (χ0) is 26.3. The summed E-state index contributed by atoms with van der Waals surface area (Å²) in [7, 11) is 0. The van der Waals surface area contributed by atoms with Gasteiger partial charge in [-0.3, -0.25) is 0 Å². The van der Waals surface area contributed by atoms with Gasteiger partial charge in [-0.15, -0.1) is 0 Å². The Labute approximate surface area is 209 Å². The molecule has 0 saturated heterocycles. The van der Waals surface area contributed by atoms with Crippen molar-refractivity contribution in [3.05, 3.63) is 24.3 Å². The van der Waals surface area contributed by atoms with E-state index in [0.717, 1.165) is 38.5 Å². The normalized spacial score (nSPS) is 10.6. The van der Waals surface area contributed by atoms with Crippen molar-refractivity contribution < 1.29 is 56.7 Å². The summed E-state index contributed by atoms with van der Waals surface area (Å²) >= 11 is 0. The molecule has 2 atom stereocenters. The van der Waals surface area contributed by atoms with Gasteiger partial charge in [-0.1, -0.05) is 66.5 Å². The third-order valence-electron chi connectivity index (χ3n) is 4.19. The molecule has 0 fully saturated rings. The molecule has 0 bridgehead atoms. The van der Waals surface area contributed by atoms with E-state index in [4.69, 9.17) is 10.2 Å². The van der Waals surface area contributed by atoms with Crippen molar-refractivity contribution in [2.75, 3.05) is 0 Å². The smallest absolute Gasteiger partial charge is 0.550 e. The van der Waals surface area contributed by atoms with Crippen molar-refractivity contribution >= 4 is 23.9 Å². The minimum atomic E-state index is -0.935. The molecule has 0 aromatic rings. The van der Waals surface area contributed by atoms with Crippen LogP contribution < -0.4 is 10.2 Å². The van der Waals surface area contributed by atoms with E-state index in [1.165, 1.54) is 13.8 Å². The van der Waals surface area contributed by atoms with E-state index >= 15 is 0 Å². The zero-order valence-electron chi connectivity index (χ0n) is 20.9. The summed E-state index contributed by atoms with van der Waals surface area (Å²) in [6.07, 6.45) is 7.04. The standard InChI is InChI=1S/2C8H16O2.2C4H6O2.Cu/c2*1-3-5-6-7(4-2)8(9)10;2*1-3(2)4(5)6;/h2*7H,3-6H2,1-2H3,(H,9,10);2*1H2,2H3,(H,5,6);/q;;;;+2/p-2. The summed E-state index contributed by atoms with van der Waals surface area (Å²) < 4.78 is 0. The molecule has 0 aromatic carbocycles. The van der Waals surface area contributed by atoms with Crippen LogP contribution >= 0.6 is 0 Å². The number of hydrogen-bond donors (Lipinski definition) is 2. The molecule has 2 unspecified atom stereocenters. The Kier molecular flexibility index (Phi) is 34.8. The van der Waals surface area contributed by atoms with Crippen LogP contribution in [0.1, 0.15) is 92.9 Å². The number of aliphatic carboxylic acids is 4. The molecular formula is C24H42CuO8. The molecule has 0 aliphatic rings. The predicted octanol–water partition coefficient (Wildman–Crippen LogP) is 3.20. The van der Waals surface area contributed by atoms with E-state index in [9.17, 15) is 29.4 Å². The molecule has 2 N–H and O–H groups in total. The van der Waals surface area contributed by atoms with Crippen LogP contribution in [0.5, 0.6) is 0 Å². The van der Waals surface area contributed by atoms with Crippen LogP contribution in [0.25, 0.3) is 0 Å². The molecule has 9 heteroatoms. The molecule has 8 nitrogen and oxygen atoms in total. The van der Waals surface area contributed by atoms with Gasteiger partial charge in [0.1, 0.15) is 0 Å². The van der Waals surface area contributed by atoms with E-state index in [2.05, 4.69) is 27.0 Å². The van der Waals surface area contributed by atoms with Gasteiger partial charge in [0.2, 0.25) is 0 Å². The summed E-state index contributed by atoms with van der Waals surface area (Å²) in [6, 6.07) is 0. The van der Waals surface area contributed by atoms with E-state index in [-0.39, 0.29) is 40.1 Å². The maximum Gasteiger partial charge on any atom is 2.00 e. The van der Waals surface area contributed by atoms with Crippen LogP contribution in [0.3, 0.4) is 0 Å². The zero-order valence-corrected chi connectivity index (χ0v) is 21.8. The van der Waals surface area contributed by atoms with E-state index in [0.29, 0.717) is 12.8 Å². The largest absolute Gasteiger partial charge is 2.00 e. The second kappa shape index (κ2) is 27.9. The summed E-state index contributed by atoms with van der Waals surface area (Å²) in [6.45, 7) is 17.1. The molecule has 0 aliphatic heterocycles. The van der Waals surface area contributed by atoms with Gasteiger partial charge in [-0.2, -0.15) is 0 Å². The maximum absolute atomic E-state index is 10.3. The van der Waals surface area contributed by atoms with Gasteiger partial charge in [0.25, 0.3) is 0 Å². The van der Waals surface area contributed by atoms with Crippen molar-refractivity contribution in [3.63, 3.8) is 0 Å². The van der Waals surface area contributed by atoms with Crippen LogP contribution in [-0.4, -0.2) is 34.1 Å². The second-order valence-electron chi connectivity index (χ2n) is 7.30. The number of carboxylic acid groups (broad SMARTS) is 4. The van der Waals surface area contributed by atoms with Gasteiger partial charge in [-0.25, -0.2) is 9.59 Å². The van der Waals surface area contributed by atoms with E-state index < -0.39 is 23.9 Å². The third kappa shape index (κ3) is 34.7. The first-order chi connectivity index (χ1) is 14.7. The molecular weight excluding hydrogens is 480 g/mol. The number of hydrogen-bond acceptors (Lipinski definition) is 6. The van der Waals surface area contributed by atoms with Crippen molar-refractivity contribution in [1.29, 1.82) is 0 Å². The maximum atomic E-state index is 10.3. The first-order valence-corrected chi connectivity index (χ1v) is 10.9. The van der Waals surface area contributed by atoms with E-state index in [1.54, 1.807) is 0 Å². The van der Waals surface area contributed by atoms with Gasteiger partial charge >= 0.3 is 29.0 Å². The van der Waals surface area contributed by atoms with Crippen LogP contribution in [0.2, 0.25) is 0 Å². The van der Waals surface area contributed by atoms with Gasteiger partial charge in [-0.05, 0) is 51.4 Å². The van der Waals surface area contributed by atoms with Gasteiger partial charge in [0, 0.05) is 23.1 Å². The Bertz CT molecular complexity index is 499. The molecule has 0 aliphatic carbocycles. The second-order valence-corrected chi connectivity index (χ2v) is 7.30. The Morgan fingerprint density at radius 2 is 0.909 bits per heavy atom. The fourth-order valence-electron chi connectivity index (χ4n) is 1.88. The summed E-state index contributed by atoms with van der Waals surface area (Å²) in [5.41, 5.74) is 0.352. The molecule has 0 amide bonds. The Morgan fingerprint density at radius 3 is 1.00 bits per heavy atom. The first kappa shape index (κ1) is 41.2. The number of carbonyl (C=O) groups excluding carboxylic acids is 2. The molecule has 0 saturated carbocycles. The van der Waals surface area contributed by atoms with Crippen LogP contribution in [0.15, 0.2) is 24.3 Å². The molecule has 0 heterocycles. The molecule has 197 valence electrons. The minimum Gasteiger partial charge on any atom is -0.550 e. The van der Waals surface area contributed by atoms with Crippen molar-refractivity contribution in [2.24, 2.45) is 11.8 Å².